The van der Waals surface area contributed by atoms with E-state index >= 15 is 0 Å². The Bertz CT molecular complexity index is 858. The fraction of sp³-hybridized carbons (Fsp3) is 0.353. The van der Waals surface area contributed by atoms with Crippen molar-refractivity contribution in [3.8, 4) is 0 Å². The highest BCUT2D eigenvalue weighted by molar-refractivity contribution is 9.10. The lowest BCUT2D eigenvalue weighted by Crippen LogP contribution is -2.09. The minimum absolute atomic E-state index is 0.392. The van der Waals surface area contributed by atoms with Gasteiger partial charge in [0.15, 0.2) is 21.7 Å². The van der Waals surface area contributed by atoms with Crippen LogP contribution in [0.1, 0.15) is 30.9 Å². The van der Waals surface area contributed by atoms with Crippen molar-refractivity contribution in [2.24, 2.45) is 0 Å². The Morgan fingerprint density at radius 3 is 2.75 bits per heavy atom. The molecule has 2 heterocycles. The van der Waals surface area contributed by atoms with Crippen molar-refractivity contribution in [2.45, 2.75) is 33.2 Å². The highest BCUT2D eigenvalue weighted by Crippen LogP contribution is 2.25. The summed E-state index contributed by atoms with van der Waals surface area (Å²) in [5.74, 6) is 0.940. The van der Waals surface area contributed by atoms with Gasteiger partial charge in [0, 0.05) is 6.54 Å². The Labute approximate surface area is 149 Å². The van der Waals surface area contributed by atoms with Crippen LogP contribution in [0, 0.1) is 6.92 Å². The number of unbranched alkanes of at least 4 members (excludes halogenated alkanes) is 1. The van der Waals surface area contributed by atoms with Crippen molar-refractivity contribution >= 4 is 38.9 Å². The first-order valence-electron chi connectivity index (χ1n) is 8.07. The first-order valence-corrected chi connectivity index (χ1v) is 8.87. The summed E-state index contributed by atoms with van der Waals surface area (Å²) in [6, 6.07) is 8.29. The van der Waals surface area contributed by atoms with Gasteiger partial charge in [-0.15, -0.1) is 0 Å². The van der Waals surface area contributed by atoms with Gasteiger partial charge in [-0.05, 0) is 40.4 Å². The van der Waals surface area contributed by atoms with Crippen LogP contribution in [0.5, 0.6) is 0 Å². The maximum absolute atomic E-state index is 6.08. The average Bonchev–Trinajstić information content (AvgIpc) is 2.87. The molecule has 3 aromatic rings. The molecule has 0 saturated heterocycles. The highest BCUT2D eigenvalue weighted by Gasteiger charge is 2.16. The van der Waals surface area contributed by atoms with Crippen molar-refractivity contribution in [3.05, 3.63) is 40.1 Å². The van der Waals surface area contributed by atoms with Crippen molar-refractivity contribution in [3.63, 3.8) is 0 Å². The number of nitrogens with one attached hydrogen (secondary N) is 1. The summed E-state index contributed by atoms with van der Waals surface area (Å²) in [6.45, 7) is 5.75. The van der Waals surface area contributed by atoms with E-state index in [1.165, 1.54) is 11.1 Å². The van der Waals surface area contributed by atoms with Gasteiger partial charge in [0.1, 0.15) is 0 Å². The number of fused-ring (bicyclic) bond motifs is 1. The summed E-state index contributed by atoms with van der Waals surface area (Å²) in [5, 5.41) is 3.23. The fourth-order valence-corrected chi connectivity index (χ4v) is 3.02. The molecule has 3 N–H and O–H groups in total. The number of nitrogens with zero attached hydrogens (tertiary/aromatic N) is 4. The number of aromatic nitrogens is 4. The van der Waals surface area contributed by atoms with E-state index in [1.807, 2.05) is 16.7 Å². The molecule has 0 aliphatic heterocycles. The lowest BCUT2D eigenvalue weighted by Gasteiger charge is -2.10. The van der Waals surface area contributed by atoms with Crippen LogP contribution in [-0.2, 0) is 6.54 Å². The average molecular weight is 389 g/mol. The molecule has 0 bridgehead atoms. The van der Waals surface area contributed by atoms with Gasteiger partial charge < -0.3 is 11.1 Å². The summed E-state index contributed by atoms with van der Waals surface area (Å²) in [5.41, 5.74) is 9.88. The minimum atomic E-state index is 0.392. The second kappa shape index (κ2) is 7.17. The Balaban J connectivity index is 2.00. The summed E-state index contributed by atoms with van der Waals surface area (Å²) in [7, 11) is 0. The first kappa shape index (κ1) is 16.7. The van der Waals surface area contributed by atoms with Crippen molar-refractivity contribution in [1.82, 2.24) is 19.5 Å². The van der Waals surface area contributed by atoms with Crippen molar-refractivity contribution in [1.29, 1.82) is 0 Å². The third-order valence-electron chi connectivity index (χ3n) is 3.98. The van der Waals surface area contributed by atoms with E-state index in [0.29, 0.717) is 28.6 Å². The molecule has 0 aliphatic rings. The zero-order valence-corrected chi connectivity index (χ0v) is 15.5. The van der Waals surface area contributed by atoms with E-state index in [9.17, 15) is 0 Å². The molecule has 0 saturated carbocycles. The Morgan fingerprint density at radius 2 is 2.00 bits per heavy atom. The fourth-order valence-electron chi connectivity index (χ4n) is 2.55. The number of hydrogen-bond acceptors (Lipinski definition) is 5. The molecule has 3 rings (SSSR count). The molecule has 0 unspecified atom stereocenters. The van der Waals surface area contributed by atoms with Gasteiger partial charge >= 0.3 is 0 Å². The molecule has 2 aromatic heterocycles. The van der Waals surface area contributed by atoms with Crippen LogP contribution in [0.25, 0.3) is 11.2 Å². The van der Waals surface area contributed by atoms with Crippen LogP contribution < -0.4 is 11.1 Å². The molecule has 24 heavy (non-hydrogen) atoms. The lowest BCUT2D eigenvalue weighted by atomic mass is 10.1. The third kappa shape index (κ3) is 3.36. The number of anilines is 2. The second-order valence-corrected chi connectivity index (χ2v) is 6.49. The molecule has 6 nitrogen and oxygen atoms in total. The number of nitrogens with two attached hydrogens (primary N) is 1. The largest absolute Gasteiger partial charge is 0.382 e. The van der Waals surface area contributed by atoms with E-state index in [2.05, 4.69) is 62.2 Å². The van der Waals surface area contributed by atoms with Crippen LogP contribution in [-0.4, -0.2) is 26.1 Å². The van der Waals surface area contributed by atoms with Crippen molar-refractivity contribution < 1.29 is 0 Å². The van der Waals surface area contributed by atoms with Gasteiger partial charge in [0.05, 0.1) is 6.54 Å². The SMILES string of the molecule is CCCCNc1nc(N)c2nc(Br)n(Cc3ccccc3C)c2n1. The van der Waals surface area contributed by atoms with Gasteiger partial charge in [-0.2, -0.15) is 9.97 Å². The number of rotatable bonds is 6. The van der Waals surface area contributed by atoms with Gasteiger partial charge in [0.2, 0.25) is 5.95 Å². The Morgan fingerprint density at radius 1 is 1.21 bits per heavy atom. The molecule has 0 atom stereocenters. The number of hydrogen-bond donors (Lipinski definition) is 2. The Hall–Kier alpha value is -2.15. The van der Waals surface area contributed by atoms with Gasteiger partial charge in [0.25, 0.3) is 0 Å². The molecule has 0 spiro atoms. The number of halogens is 1. The number of benzene rings is 1. The molecular formula is C17H21BrN6. The minimum Gasteiger partial charge on any atom is -0.382 e. The lowest BCUT2D eigenvalue weighted by molar-refractivity contribution is 0.784. The van der Waals surface area contributed by atoms with Crippen LogP contribution in [0.3, 0.4) is 0 Å². The molecule has 1 aromatic carbocycles. The molecule has 0 radical (unpaired) electrons. The zero-order valence-electron chi connectivity index (χ0n) is 13.9. The summed E-state index contributed by atoms with van der Waals surface area (Å²) < 4.78 is 2.72. The maximum Gasteiger partial charge on any atom is 0.226 e. The van der Waals surface area contributed by atoms with E-state index in [-0.39, 0.29) is 0 Å². The summed E-state index contributed by atoms with van der Waals surface area (Å²) >= 11 is 3.52. The quantitative estimate of drug-likeness (QED) is 0.496. The summed E-state index contributed by atoms with van der Waals surface area (Å²) in [6.07, 6.45) is 2.18. The normalized spacial score (nSPS) is 11.1. The summed E-state index contributed by atoms with van der Waals surface area (Å²) in [4.78, 5) is 13.4. The number of nitrogen functional groups attached to an aromatic ring is 1. The highest BCUT2D eigenvalue weighted by atomic mass is 79.9. The topological polar surface area (TPSA) is 81.6 Å². The predicted molar refractivity (Wildman–Crippen MR) is 101 cm³/mol. The smallest absolute Gasteiger partial charge is 0.226 e. The van der Waals surface area contributed by atoms with Gasteiger partial charge in [-0.3, -0.25) is 4.57 Å². The number of aryl methyl sites for hydroxylation is 1. The second-order valence-electron chi connectivity index (χ2n) is 5.78. The van der Waals surface area contributed by atoms with E-state index < -0.39 is 0 Å². The van der Waals surface area contributed by atoms with Crippen LogP contribution in [0.4, 0.5) is 11.8 Å². The molecule has 0 fully saturated rings. The zero-order chi connectivity index (χ0) is 17.1. The van der Waals surface area contributed by atoms with E-state index in [0.717, 1.165) is 25.0 Å². The monoisotopic (exact) mass is 388 g/mol. The molecule has 0 aliphatic carbocycles. The van der Waals surface area contributed by atoms with E-state index in [1.54, 1.807) is 0 Å². The van der Waals surface area contributed by atoms with Crippen LogP contribution in [0.15, 0.2) is 29.0 Å². The Kier molecular flexibility index (Phi) is 4.99. The standard InChI is InChI=1S/C17H21BrN6/c1-3-4-9-20-17-22-14(19)13-15(23-17)24(16(18)21-13)10-12-8-6-5-7-11(12)2/h5-8H,3-4,9-10H2,1-2H3,(H3,19,20,22,23). The maximum atomic E-state index is 6.08. The van der Waals surface area contributed by atoms with Gasteiger partial charge in [-0.1, -0.05) is 37.6 Å². The predicted octanol–water partition coefficient (Wildman–Crippen LogP) is 3.74. The van der Waals surface area contributed by atoms with E-state index in [4.69, 9.17) is 5.73 Å². The molecule has 0 amide bonds. The number of imidazole rings is 1. The molecule has 7 heteroatoms. The van der Waals surface area contributed by atoms with Gasteiger partial charge in [-0.25, -0.2) is 4.98 Å². The molecular weight excluding hydrogens is 368 g/mol. The van der Waals surface area contributed by atoms with Crippen LogP contribution >= 0.6 is 15.9 Å². The third-order valence-corrected chi connectivity index (χ3v) is 4.58. The molecule has 126 valence electrons. The van der Waals surface area contributed by atoms with Crippen molar-refractivity contribution in [2.75, 3.05) is 17.6 Å². The van der Waals surface area contributed by atoms with Crippen LogP contribution in [0.2, 0.25) is 0 Å². The first-order chi connectivity index (χ1) is 11.6.